The average Bonchev–Trinajstić information content (AvgIpc) is 2.26. The molecule has 0 aliphatic carbocycles. The van der Waals surface area contributed by atoms with Gasteiger partial charge in [0.25, 0.3) is 0 Å². The van der Waals surface area contributed by atoms with Crippen molar-refractivity contribution in [3.63, 3.8) is 0 Å². The number of nitrogen functional groups attached to an aromatic ring is 1. The summed E-state index contributed by atoms with van der Waals surface area (Å²) in [7, 11) is 0. The van der Waals surface area contributed by atoms with Crippen LogP contribution in [0, 0.1) is 6.92 Å². The molecule has 0 fully saturated rings. The number of rotatable bonds is 2. The van der Waals surface area contributed by atoms with Gasteiger partial charge in [-0.1, -0.05) is 35.3 Å². The number of aryl methyl sites for hydroxylation is 1. The molecular weight excluding hydrogens is 257 g/mol. The maximum absolute atomic E-state index is 6.03. The second-order valence-electron chi connectivity index (χ2n) is 3.68. The van der Waals surface area contributed by atoms with E-state index >= 15 is 0 Å². The molecule has 2 aromatic rings. The van der Waals surface area contributed by atoms with Gasteiger partial charge in [0.2, 0.25) is 0 Å². The summed E-state index contributed by atoms with van der Waals surface area (Å²) in [5, 5.41) is 3.89. The molecule has 17 heavy (non-hydrogen) atoms. The van der Waals surface area contributed by atoms with E-state index in [0.717, 1.165) is 11.3 Å². The van der Waals surface area contributed by atoms with E-state index in [4.69, 9.17) is 28.9 Å². The largest absolute Gasteiger partial charge is 0.382 e. The quantitative estimate of drug-likeness (QED) is 0.864. The fourth-order valence-electron chi connectivity index (χ4n) is 1.43. The summed E-state index contributed by atoms with van der Waals surface area (Å²) >= 11 is 11.8. The van der Waals surface area contributed by atoms with Gasteiger partial charge in [0.05, 0.1) is 10.0 Å². The maximum atomic E-state index is 6.03. The number of aromatic nitrogens is 1. The monoisotopic (exact) mass is 267 g/mol. The Morgan fingerprint density at radius 1 is 1.18 bits per heavy atom. The first kappa shape index (κ1) is 12.0. The van der Waals surface area contributed by atoms with Crippen LogP contribution in [0.5, 0.6) is 0 Å². The van der Waals surface area contributed by atoms with Crippen LogP contribution in [0.15, 0.2) is 30.3 Å². The summed E-state index contributed by atoms with van der Waals surface area (Å²) in [6.07, 6.45) is 0. The summed E-state index contributed by atoms with van der Waals surface area (Å²) in [6, 6.07) is 9.45. The van der Waals surface area contributed by atoms with Gasteiger partial charge < -0.3 is 11.1 Å². The average molecular weight is 268 g/mol. The number of nitrogens with two attached hydrogens (primary N) is 1. The number of halogens is 2. The summed E-state index contributed by atoms with van der Waals surface area (Å²) in [6.45, 7) is 2.01. The number of anilines is 3. The molecule has 1 aromatic carbocycles. The van der Waals surface area contributed by atoms with Crippen molar-refractivity contribution in [2.45, 2.75) is 6.92 Å². The van der Waals surface area contributed by atoms with Gasteiger partial charge in [-0.2, -0.15) is 0 Å². The van der Waals surface area contributed by atoms with Gasteiger partial charge in [-0.05, 0) is 30.7 Å². The second-order valence-corrected chi connectivity index (χ2v) is 4.49. The number of benzene rings is 1. The number of nitrogens with zero attached hydrogens (tertiary/aromatic N) is 1. The van der Waals surface area contributed by atoms with Crippen LogP contribution in [0.1, 0.15) is 5.56 Å². The van der Waals surface area contributed by atoms with Gasteiger partial charge in [-0.25, -0.2) is 4.98 Å². The molecule has 0 bridgehead atoms. The van der Waals surface area contributed by atoms with Gasteiger partial charge in [0.1, 0.15) is 5.82 Å². The number of hydrogen-bond donors (Lipinski definition) is 2. The minimum atomic E-state index is 0.256. The Morgan fingerprint density at radius 3 is 2.65 bits per heavy atom. The summed E-state index contributed by atoms with van der Waals surface area (Å²) in [5.74, 6) is 0.755. The van der Waals surface area contributed by atoms with Crippen molar-refractivity contribution in [1.29, 1.82) is 0 Å². The molecule has 0 unspecified atom stereocenters. The van der Waals surface area contributed by atoms with Crippen LogP contribution in [0.25, 0.3) is 0 Å². The lowest BCUT2D eigenvalue weighted by atomic mass is 10.2. The molecule has 0 atom stereocenters. The third kappa shape index (κ3) is 2.81. The van der Waals surface area contributed by atoms with Crippen LogP contribution < -0.4 is 11.1 Å². The molecule has 0 saturated heterocycles. The predicted octanol–water partition coefficient (Wildman–Crippen LogP) is 4.02. The van der Waals surface area contributed by atoms with Crippen molar-refractivity contribution in [2.75, 3.05) is 11.1 Å². The fourth-order valence-corrected chi connectivity index (χ4v) is 1.83. The molecule has 0 aliphatic heterocycles. The Bertz CT molecular complexity index is 555. The van der Waals surface area contributed by atoms with E-state index in [1.807, 2.05) is 31.2 Å². The zero-order valence-electron chi connectivity index (χ0n) is 9.17. The van der Waals surface area contributed by atoms with Crippen LogP contribution >= 0.6 is 23.2 Å². The van der Waals surface area contributed by atoms with Crippen molar-refractivity contribution in [3.05, 3.63) is 45.9 Å². The third-order valence-corrected chi connectivity index (χ3v) is 2.83. The molecule has 1 heterocycles. The minimum Gasteiger partial charge on any atom is -0.382 e. The normalized spacial score (nSPS) is 10.3. The molecule has 3 N–H and O–H groups in total. The highest BCUT2D eigenvalue weighted by molar-refractivity contribution is 6.37. The predicted molar refractivity (Wildman–Crippen MR) is 73.1 cm³/mol. The van der Waals surface area contributed by atoms with Gasteiger partial charge >= 0.3 is 0 Å². The summed E-state index contributed by atoms with van der Waals surface area (Å²) in [5.41, 5.74) is 7.68. The lowest BCUT2D eigenvalue weighted by molar-refractivity contribution is 1.31. The number of pyridine rings is 1. The molecule has 0 aliphatic rings. The molecule has 3 nitrogen and oxygen atoms in total. The standard InChI is InChI=1S/C12H11Cl2N3/c1-7-3-2-4-8(5-7)16-12-10(14)6-9(13)11(15)17-12/h2-6H,1H3,(H3,15,16,17). The topological polar surface area (TPSA) is 50.9 Å². The number of hydrogen-bond acceptors (Lipinski definition) is 3. The lowest BCUT2D eigenvalue weighted by Crippen LogP contribution is -1.99. The Hall–Kier alpha value is -1.45. The maximum Gasteiger partial charge on any atom is 0.151 e. The molecule has 0 radical (unpaired) electrons. The zero-order valence-corrected chi connectivity index (χ0v) is 10.7. The lowest BCUT2D eigenvalue weighted by Gasteiger charge is -2.09. The Kier molecular flexibility index (Phi) is 3.41. The third-order valence-electron chi connectivity index (χ3n) is 2.24. The Balaban J connectivity index is 2.33. The Labute approximate surface area is 110 Å². The van der Waals surface area contributed by atoms with Crippen molar-refractivity contribution in [3.8, 4) is 0 Å². The summed E-state index contributed by atoms with van der Waals surface area (Å²) < 4.78 is 0. The van der Waals surface area contributed by atoms with Gasteiger partial charge in [0.15, 0.2) is 5.82 Å². The molecule has 0 saturated carbocycles. The van der Waals surface area contributed by atoms with Crippen LogP contribution in [0.4, 0.5) is 17.3 Å². The smallest absolute Gasteiger partial charge is 0.151 e. The van der Waals surface area contributed by atoms with Crippen molar-refractivity contribution in [2.24, 2.45) is 0 Å². The first-order chi connectivity index (χ1) is 8.06. The highest BCUT2D eigenvalue weighted by Gasteiger charge is 2.07. The van der Waals surface area contributed by atoms with E-state index in [1.54, 1.807) is 6.07 Å². The van der Waals surface area contributed by atoms with E-state index < -0.39 is 0 Å². The van der Waals surface area contributed by atoms with E-state index in [9.17, 15) is 0 Å². The van der Waals surface area contributed by atoms with Gasteiger partial charge in [0, 0.05) is 5.69 Å². The molecule has 2 rings (SSSR count). The molecule has 1 aromatic heterocycles. The molecule has 0 amide bonds. The van der Waals surface area contributed by atoms with Crippen molar-refractivity contribution < 1.29 is 0 Å². The van der Waals surface area contributed by atoms with Gasteiger partial charge in [-0.3, -0.25) is 0 Å². The highest BCUT2D eigenvalue weighted by Crippen LogP contribution is 2.29. The van der Waals surface area contributed by atoms with Crippen LogP contribution in [0.3, 0.4) is 0 Å². The van der Waals surface area contributed by atoms with Gasteiger partial charge in [-0.15, -0.1) is 0 Å². The highest BCUT2D eigenvalue weighted by atomic mass is 35.5. The van der Waals surface area contributed by atoms with Crippen molar-refractivity contribution >= 4 is 40.5 Å². The van der Waals surface area contributed by atoms with Crippen LogP contribution in [-0.4, -0.2) is 4.98 Å². The van der Waals surface area contributed by atoms with Crippen molar-refractivity contribution in [1.82, 2.24) is 4.98 Å². The SMILES string of the molecule is Cc1cccc(Nc2nc(N)c(Cl)cc2Cl)c1. The van der Waals surface area contributed by atoms with E-state index in [-0.39, 0.29) is 5.82 Å². The van der Waals surface area contributed by atoms with E-state index in [2.05, 4.69) is 10.3 Å². The van der Waals surface area contributed by atoms with E-state index in [0.29, 0.717) is 15.9 Å². The summed E-state index contributed by atoms with van der Waals surface area (Å²) in [4.78, 5) is 4.10. The molecular formula is C12H11Cl2N3. The van der Waals surface area contributed by atoms with Crippen LogP contribution in [-0.2, 0) is 0 Å². The molecule has 88 valence electrons. The molecule has 0 spiro atoms. The number of nitrogens with one attached hydrogen (secondary N) is 1. The molecule has 5 heteroatoms. The van der Waals surface area contributed by atoms with Crippen LogP contribution in [0.2, 0.25) is 10.0 Å². The first-order valence-corrected chi connectivity index (χ1v) is 5.77. The second kappa shape index (κ2) is 4.82. The zero-order chi connectivity index (χ0) is 12.4. The first-order valence-electron chi connectivity index (χ1n) is 5.01. The Morgan fingerprint density at radius 2 is 1.94 bits per heavy atom. The fraction of sp³-hybridized carbons (Fsp3) is 0.0833. The minimum absolute atomic E-state index is 0.256. The van der Waals surface area contributed by atoms with E-state index in [1.165, 1.54) is 0 Å².